The molecule has 1 aliphatic rings. The molecule has 1 fully saturated rings. The zero-order valence-electron chi connectivity index (χ0n) is 8.73. The Morgan fingerprint density at radius 1 is 1.43 bits per heavy atom. The van der Waals surface area contributed by atoms with Crippen LogP contribution in [0.5, 0.6) is 0 Å². The number of nitroso groups, excluding NO2 is 1. The van der Waals surface area contributed by atoms with Crippen LogP contribution in [-0.4, -0.2) is 24.5 Å². The van der Waals surface area contributed by atoms with Crippen LogP contribution in [0.25, 0.3) is 0 Å². The lowest BCUT2D eigenvalue weighted by molar-refractivity contribution is -0.132. The zero-order valence-corrected chi connectivity index (χ0v) is 8.73. The fourth-order valence-corrected chi connectivity index (χ4v) is 1.78. The van der Waals surface area contributed by atoms with Crippen molar-refractivity contribution in [2.45, 2.75) is 45.3 Å². The lowest BCUT2D eigenvalue weighted by atomic mass is 9.97. The molecule has 0 aromatic heterocycles. The highest BCUT2D eigenvalue weighted by atomic mass is 16.5. The first-order valence-corrected chi connectivity index (χ1v) is 5.10. The van der Waals surface area contributed by atoms with E-state index in [4.69, 9.17) is 4.74 Å². The summed E-state index contributed by atoms with van der Waals surface area (Å²) in [4.78, 5) is 21.4. The van der Waals surface area contributed by atoms with Crippen LogP contribution in [-0.2, 0) is 9.53 Å². The van der Waals surface area contributed by atoms with Gasteiger partial charge in [-0.1, -0.05) is 12.1 Å². The third-order valence-corrected chi connectivity index (χ3v) is 2.66. The fourth-order valence-electron chi connectivity index (χ4n) is 1.78. The summed E-state index contributed by atoms with van der Waals surface area (Å²) in [6, 6.07) is 0. The molecule has 14 heavy (non-hydrogen) atoms. The van der Waals surface area contributed by atoms with Crippen LogP contribution in [0.1, 0.15) is 33.1 Å². The first-order valence-electron chi connectivity index (χ1n) is 5.10. The molecule has 4 nitrogen and oxygen atoms in total. The van der Waals surface area contributed by atoms with Crippen LogP contribution in [0.4, 0.5) is 0 Å². The van der Waals surface area contributed by atoms with Crippen molar-refractivity contribution in [1.29, 1.82) is 0 Å². The van der Waals surface area contributed by atoms with E-state index in [0.717, 1.165) is 19.3 Å². The maximum absolute atomic E-state index is 11.4. The summed E-state index contributed by atoms with van der Waals surface area (Å²) >= 11 is 0. The van der Waals surface area contributed by atoms with Gasteiger partial charge in [0.1, 0.15) is 12.6 Å². The number of carbonyl (C=O) groups excluding carboxylic acids is 1. The van der Waals surface area contributed by atoms with Gasteiger partial charge in [-0.3, -0.25) is 4.79 Å². The van der Waals surface area contributed by atoms with Gasteiger partial charge in [-0.15, -0.1) is 0 Å². The Morgan fingerprint density at radius 3 is 2.79 bits per heavy atom. The van der Waals surface area contributed by atoms with Gasteiger partial charge in [0.25, 0.3) is 0 Å². The molecule has 80 valence electrons. The summed E-state index contributed by atoms with van der Waals surface area (Å²) in [5.74, 6) is 0.307. The van der Waals surface area contributed by atoms with Gasteiger partial charge < -0.3 is 4.74 Å². The molecule has 0 radical (unpaired) electrons. The molecule has 0 aliphatic carbocycles. The lowest BCUT2D eigenvalue weighted by Gasteiger charge is -2.17. The van der Waals surface area contributed by atoms with Crippen molar-refractivity contribution >= 4 is 5.78 Å². The number of ketones is 1. The molecule has 0 saturated carbocycles. The summed E-state index contributed by atoms with van der Waals surface area (Å²) in [6.07, 6.45) is 2.48. The van der Waals surface area contributed by atoms with Crippen LogP contribution in [0.15, 0.2) is 5.18 Å². The van der Waals surface area contributed by atoms with Crippen molar-refractivity contribution in [3.63, 3.8) is 0 Å². The van der Waals surface area contributed by atoms with Crippen molar-refractivity contribution in [2.24, 2.45) is 11.1 Å². The van der Waals surface area contributed by atoms with E-state index in [9.17, 15) is 9.70 Å². The first kappa shape index (κ1) is 11.3. The molecule has 0 bridgehead atoms. The van der Waals surface area contributed by atoms with Crippen LogP contribution < -0.4 is 0 Å². The van der Waals surface area contributed by atoms with Crippen LogP contribution in [0, 0.1) is 10.8 Å². The van der Waals surface area contributed by atoms with Gasteiger partial charge >= 0.3 is 0 Å². The molecule has 1 heterocycles. The van der Waals surface area contributed by atoms with Gasteiger partial charge in [0.2, 0.25) is 0 Å². The number of Topliss-reactive ketones (excluding diaryl/α,β-unsaturated/α-hetero) is 1. The predicted molar refractivity (Wildman–Crippen MR) is 53.0 cm³/mol. The molecular weight excluding hydrogens is 182 g/mol. The zero-order chi connectivity index (χ0) is 10.6. The van der Waals surface area contributed by atoms with Gasteiger partial charge in [-0.25, -0.2) is 0 Å². The highest BCUT2D eigenvalue weighted by Gasteiger charge is 2.27. The Bertz CT molecular complexity index is 205. The molecule has 1 saturated heterocycles. The molecule has 1 rings (SSSR count). The second-order valence-electron chi connectivity index (χ2n) is 4.11. The third-order valence-electron chi connectivity index (χ3n) is 2.66. The molecule has 0 N–H and O–H groups in total. The summed E-state index contributed by atoms with van der Waals surface area (Å²) < 4.78 is 5.55. The van der Waals surface area contributed by atoms with Crippen molar-refractivity contribution in [3.8, 4) is 0 Å². The lowest BCUT2D eigenvalue weighted by Crippen LogP contribution is -2.29. The van der Waals surface area contributed by atoms with E-state index in [2.05, 4.69) is 12.1 Å². The van der Waals surface area contributed by atoms with Gasteiger partial charge in [0.15, 0.2) is 5.78 Å². The smallest absolute Gasteiger partial charge is 0.186 e. The Hall–Kier alpha value is -0.770. The average Bonchev–Trinajstić information content (AvgIpc) is 2.29. The molecule has 3 atom stereocenters. The monoisotopic (exact) mass is 199 g/mol. The minimum absolute atomic E-state index is 0.112. The maximum atomic E-state index is 11.4. The minimum atomic E-state index is -0.416. The van der Waals surface area contributed by atoms with Crippen LogP contribution in [0.3, 0.4) is 0 Å². The van der Waals surface area contributed by atoms with Crippen molar-refractivity contribution < 1.29 is 9.53 Å². The minimum Gasteiger partial charge on any atom is -0.367 e. The van der Waals surface area contributed by atoms with Gasteiger partial charge in [0.05, 0.1) is 6.10 Å². The van der Waals surface area contributed by atoms with Gasteiger partial charge in [0, 0.05) is 0 Å². The second kappa shape index (κ2) is 5.20. The molecule has 1 aliphatic heterocycles. The molecular formula is C10H17NO3. The van der Waals surface area contributed by atoms with Crippen molar-refractivity contribution in [3.05, 3.63) is 4.91 Å². The highest BCUT2D eigenvalue weighted by molar-refractivity contribution is 5.85. The third kappa shape index (κ3) is 3.18. The molecule has 2 unspecified atom stereocenters. The van der Waals surface area contributed by atoms with Crippen LogP contribution >= 0.6 is 0 Å². The molecule has 0 aromatic carbocycles. The maximum Gasteiger partial charge on any atom is 0.186 e. The normalized spacial score (nSPS) is 33.4. The van der Waals surface area contributed by atoms with Gasteiger partial charge in [-0.05, 0) is 32.1 Å². The van der Waals surface area contributed by atoms with E-state index >= 15 is 0 Å². The average molecular weight is 199 g/mol. The van der Waals surface area contributed by atoms with E-state index < -0.39 is 6.10 Å². The summed E-state index contributed by atoms with van der Waals surface area (Å²) in [5, 5.41) is 2.61. The fraction of sp³-hybridized carbons (Fsp3) is 0.900. The highest BCUT2D eigenvalue weighted by Crippen LogP contribution is 2.23. The van der Waals surface area contributed by atoms with E-state index in [1.165, 1.54) is 0 Å². The molecule has 0 spiro atoms. The molecule has 0 aromatic rings. The summed E-state index contributed by atoms with van der Waals surface area (Å²) in [5.41, 5.74) is 0. The second-order valence-corrected chi connectivity index (χ2v) is 4.11. The number of ether oxygens (including phenoxy) is 1. The number of carbonyl (C=O) groups is 1. The van der Waals surface area contributed by atoms with E-state index in [-0.39, 0.29) is 18.4 Å². The summed E-state index contributed by atoms with van der Waals surface area (Å²) in [6.45, 7) is 3.81. The Labute approximate surface area is 84.0 Å². The Morgan fingerprint density at radius 2 is 2.14 bits per heavy atom. The van der Waals surface area contributed by atoms with E-state index in [0.29, 0.717) is 5.92 Å². The number of nitrogens with zero attached hydrogens (tertiary/aromatic N) is 1. The predicted octanol–water partition coefficient (Wildman–Crippen LogP) is 1.92. The number of rotatable bonds is 3. The number of hydrogen-bond donors (Lipinski definition) is 0. The number of hydrogen-bond acceptors (Lipinski definition) is 4. The quantitative estimate of drug-likeness (QED) is 0.652. The Balaban J connectivity index is 2.56. The first-order chi connectivity index (χ1) is 6.63. The van der Waals surface area contributed by atoms with Crippen LogP contribution in [0.2, 0.25) is 0 Å². The van der Waals surface area contributed by atoms with E-state index in [1.54, 1.807) is 0 Å². The largest absolute Gasteiger partial charge is 0.367 e. The van der Waals surface area contributed by atoms with E-state index in [1.807, 2.05) is 6.92 Å². The molecule has 0 amide bonds. The SMILES string of the molecule is CC1CCC(C)O[C@H](C(=O)CN=O)C1. The van der Waals surface area contributed by atoms with Crippen molar-refractivity contribution in [2.75, 3.05) is 6.54 Å². The topological polar surface area (TPSA) is 55.7 Å². The Kier molecular flexibility index (Phi) is 4.20. The molecule has 4 heteroatoms. The summed E-state index contributed by atoms with van der Waals surface area (Å²) in [7, 11) is 0. The standard InChI is InChI=1S/C10H17NO3/c1-7-3-4-8(2)14-10(5-7)9(12)6-11-13/h7-8,10H,3-6H2,1-2H3/t7?,8?,10-/m0/s1. The van der Waals surface area contributed by atoms with Gasteiger partial charge in [-0.2, -0.15) is 4.91 Å². The van der Waals surface area contributed by atoms with Crippen molar-refractivity contribution in [1.82, 2.24) is 0 Å².